The van der Waals surface area contributed by atoms with Gasteiger partial charge in [0, 0.05) is 35.1 Å². The number of rotatable bonds is 9. The van der Waals surface area contributed by atoms with Gasteiger partial charge in [-0.1, -0.05) is 13.8 Å². The number of fused-ring (bicyclic) bond motifs is 1. The summed E-state index contributed by atoms with van der Waals surface area (Å²) in [5.41, 5.74) is 10.3. The number of halogens is 4. The molecule has 0 aliphatic carbocycles. The highest BCUT2D eigenvalue weighted by atomic mass is 19.4. The summed E-state index contributed by atoms with van der Waals surface area (Å²) in [4.78, 5) is 12.4. The molecule has 5 N–H and O–H groups in total. The predicted molar refractivity (Wildman–Crippen MR) is 142 cm³/mol. The average molecular weight is 537 g/mol. The second-order valence-corrected chi connectivity index (χ2v) is 9.80. The van der Waals surface area contributed by atoms with Crippen LogP contribution in [0.4, 0.5) is 29.2 Å². The summed E-state index contributed by atoms with van der Waals surface area (Å²) < 4.78 is 64.8. The zero-order chi connectivity index (χ0) is 28.5. The van der Waals surface area contributed by atoms with Gasteiger partial charge in [0.2, 0.25) is 5.88 Å². The number of ether oxygens (including phenoxy) is 1. The van der Waals surface area contributed by atoms with Crippen LogP contribution in [-0.2, 0) is 6.18 Å². The Kier molecular flexibility index (Phi) is 8.70. The summed E-state index contributed by atoms with van der Waals surface area (Å²) in [5, 5.41) is 3.59. The van der Waals surface area contributed by atoms with Crippen molar-refractivity contribution in [3.05, 3.63) is 34.4 Å². The van der Waals surface area contributed by atoms with Gasteiger partial charge in [-0.05, 0) is 59.1 Å². The number of aromatic nitrogens is 3. The molecule has 0 radical (unpaired) electrons. The summed E-state index contributed by atoms with van der Waals surface area (Å²) in [7, 11) is 0. The van der Waals surface area contributed by atoms with Crippen LogP contribution in [0.3, 0.4) is 0 Å². The molecule has 0 saturated heterocycles. The molecule has 0 amide bonds. The molecule has 0 saturated carbocycles. The minimum absolute atomic E-state index is 0.00846. The van der Waals surface area contributed by atoms with E-state index in [4.69, 9.17) is 16.2 Å². The second-order valence-electron chi connectivity index (χ2n) is 9.80. The molecular formula is C27H36F4N6O. The van der Waals surface area contributed by atoms with E-state index in [1.165, 1.54) is 6.92 Å². The van der Waals surface area contributed by atoms with E-state index in [1.54, 1.807) is 13.8 Å². The normalized spacial score (nSPS) is 14.5. The van der Waals surface area contributed by atoms with Crippen LogP contribution < -0.4 is 21.5 Å². The standard InChI is InChI=1S/C27H36F4N6O/c1-8-12(3)34-11-17(9-2)16(7)38-26-21-20(13(4)14(5)36-25(21)33)23(28)24(37-26)18-10-19(32)35-15(6)22(18)27(29,30)31/h10,12,16-17,34H,8-9,11H2,1-7H3,(H2,32,35)(H2,33,36). The Morgan fingerprint density at radius 3 is 2.21 bits per heavy atom. The molecule has 3 atom stereocenters. The molecule has 3 aromatic rings. The maximum atomic E-state index is 16.2. The van der Waals surface area contributed by atoms with Crippen molar-refractivity contribution in [3.63, 3.8) is 0 Å². The van der Waals surface area contributed by atoms with Gasteiger partial charge in [-0.3, -0.25) is 0 Å². The van der Waals surface area contributed by atoms with Crippen molar-refractivity contribution in [3.8, 4) is 17.1 Å². The first kappa shape index (κ1) is 29.3. The van der Waals surface area contributed by atoms with Gasteiger partial charge in [0.05, 0.1) is 16.6 Å². The highest BCUT2D eigenvalue weighted by molar-refractivity contribution is 6.00. The maximum Gasteiger partial charge on any atom is 0.418 e. The van der Waals surface area contributed by atoms with Crippen LogP contribution >= 0.6 is 0 Å². The van der Waals surface area contributed by atoms with Crippen LogP contribution in [0, 0.1) is 32.5 Å². The molecule has 0 fully saturated rings. The van der Waals surface area contributed by atoms with Crippen molar-refractivity contribution in [2.24, 2.45) is 5.92 Å². The minimum atomic E-state index is -4.82. The maximum absolute atomic E-state index is 16.2. The van der Waals surface area contributed by atoms with Crippen molar-refractivity contribution >= 4 is 22.4 Å². The van der Waals surface area contributed by atoms with Crippen LogP contribution in [0.15, 0.2) is 6.07 Å². The third-order valence-electron chi connectivity index (χ3n) is 7.15. The van der Waals surface area contributed by atoms with E-state index < -0.39 is 34.9 Å². The Hall–Kier alpha value is -3.21. The smallest absolute Gasteiger partial charge is 0.418 e. The summed E-state index contributed by atoms with van der Waals surface area (Å²) in [6, 6.07) is 1.29. The summed E-state index contributed by atoms with van der Waals surface area (Å²) in [6.45, 7) is 13.1. The quantitative estimate of drug-likeness (QED) is 0.282. The zero-order valence-corrected chi connectivity index (χ0v) is 22.8. The van der Waals surface area contributed by atoms with Crippen LogP contribution in [0.5, 0.6) is 5.88 Å². The third-order valence-corrected chi connectivity index (χ3v) is 7.15. The van der Waals surface area contributed by atoms with E-state index in [1.807, 2.05) is 13.8 Å². The number of alkyl halides is 3. The van der Waals surface area contributed by atoms with Crippen LogP contribution in [0.25, 0.3) is 22.0 Å². The first-order valence-electron chi connectivity index (χ1n) is 12.7. The number of hydrogen-bond donors (Lipinski definition) is 3. The van der Waals surface area contributed by atoms with Gasteiger partial charge in [0.15, 0.2) is 5.82 Å². The average Bonchev–Trinajstić information content (AvgIpc) is 2.82. The number of nitrogens with one attached hydrogen (secondary N) is 1. The van der Waals surface area contributed by atoms with Crippen molar-refractivity contribution < 1.29 is 22.3 Å². The van der Waals surface area contributed by atoms with E-state index in [0.29, 0.717) is 23.8 Å². The topological polar surface area (TPSA) is 112 Å². The summed E-state index contributed by atoms with van der Waals surface area (Å²) in [6.07, 6.45) is -3.52. The van der Waals surface area contributed by atoms with E-state index in [0.717, 1.165) is 18.9 Å². The van der Waals surface area contributed by atoms with Crippen LogP contribution in [0.1, 0.15) is 63.1 Å². The molecule has 11 heteroatoms. The molecule has 208 valence electrons. The molecule has 3 rings (SSSR count). The van der Waals surface area contributed by atoms with Crippen molar-refractivity contribution in [1.29, 1.82) is 0 Å². The second kappa shape index (κ2) is 11.3. The molecule has 3 unspecified atom stereocenters. The van der Waals surface area contributed by atoms with Gasteiger partial charge in [-0.25, -0.2) is 19.3 Å². The van der Waals surface area contributed by atoms with E-state index in [-0.39, 0.29) is 39.9 Å². The van der Waals surface area contributed by atoms with Gasteiger partial charge in [-0.2, -0.15) is 13.2 Å². The summed E-state index contributed by atoms with van der Waals surface area (Å²) in [5.74, 6) is -1.21. The molecule has 0 bridgehead atoms. The fourth-order valence-electron chi connectivity index (χ4n) is 4.55. The lowest BCUT2D eigenvalue weighted by Gasteiger charge is -2.26. The van der Waals surface area contributed by atoms with Crippen LogP contribution in [0.2, 0.25) is 0 Å². The Morgan fingerprint density at radius 1 is 0.974 bits per heavy atom. The van der Waals surface area contributed by atoms with Crippen molar-refractivity contribution in [1.82, 2.24) is 20.3 Å². The largest absolute Gasteiger partial charge is 0.474 e. The number of nitrogens with zero attached hydrogens (tertiary/aromatic N) is 3. The lowest BCUT2D eigenvalue weighted by Crippen LogP contribution is -2.37. The van der Waals surface area contributed by atoms with E-state index in [2.05, 4.69) is 34.1 Å². The molecule has 7 nitrogen and oxygen atoms in total. The molecule has 0 aliphatic rings. The molecule has 3 heterocycles. The van der Waals surface area contributed by atoms with Gasteiger partial charge in [-0.15, -0.1) is 0 Å². The molecule has 0 aliphatic heterocycles. The fraction of sp³-hybridized carbons (Fsp3) is 0.519. The monoisotopic (exact) mass is 536 g/mol. The highest BCUT2D eigenvalue weighted by Crippen LogP contribution is 2.43. The molecule has 3 aromatic heterocycles. The SMILES string of the molecule is CCC(C)NCC(CC)C(C)Oc1nc(-c2cc(N)nc(C)c2C(F)(F)F)c(F)c2c(C)c(C)nc(N)c12. The lowest BCUT2D eigenvalue weighted by molar-refractivity contribution is -0.137. The Morgan fingerprint density at radius 2 is 1.63 bits per heavy atom. The first-order valence-corrected chi connectivity index (χ1v) is 12.7. The highest BCUT2D eigenvalue weighted by Gasteiger charge is 2.38. The Bertz CT molecular complexity index is 1330. The molecule has 0 aromatic carbocycles. The number of anilines is 2. The number of pyridine rings is 3. The van der Waals surface area contributed by atoms with Crippen molar-refractivity contribution in [2.75, 3.05) is 18.0 Å². The van der Waals surface area contributed by atoms with Crippen LogP contribution in [-0.4, -0.2) is 33.6 Å². The van der Waals surface area contributed by atoms with Gasteiger partial charge in [0.25, 0.3) is 0 Å². The number of nitrogen functional groups attached to an aromatic ring is 2. The lowest BCUT2D eigenvalue weighted by atomic mass is 9.97. The number of nitrogens with two attached hydrogens (primary N) is 2. The number of aryl methyl sites for hydroxylation is 3. The van der Waals surface area contributed by atoms with Gasteiger partial charge >= 0.3 is 6.18 Å². The molecule has 38 heavy (non-hydrogen) atoms. The first-order chi connectivity index (χ1) is 17.7. The third kappa shape index (κ3) is 5.77. The van der Waals surface area contributed by atoms with Gasteiger partial charge < -0.3 is 21.5 Å². The minimum Gasteiger partial charge on any atom is -0.474 e. The Labute approximate surface area is 220 Å². The predicted octanol–water partition coefficient (Wildman–Crippen LogP) is 6.12. The fourth-order valence-corrected chi connectivity index (χ4v) is 4.55. The van der Waals surface area contributed by atoms with Gasteiger partial charge in [0.1, 0.15) is 23.4 Å². The van der Waals surface area contributed by atoms with Crippen molar-refractivity contribution in [2.45, 2.75) is 79.6 Å². The molecule has 0 spiro atoms. The Balaban J connectivity index is 2.30. The number of hydrogen-bond acceptors (Lipinski definition) is 7. The molecular weight excluding hydrogens is 500 g/mol. The zero-order valence-electron chi connectivity index (χ0n) is 22.8. The van der Waals surface area contributed by atoms with E-state index >= 15 is 4.39 Å². The summed E-state index contributed by atoms with van der Waals surface area (Å²) >= 11 is 0. The van der Waals surface area contributed by atoms with E-state index in [9.17, 15) is 13.2 Å².